The molecule has 0 aliphatic rings. The zero-order chi connectivity index (χ0) is 17.5. The molecule has 24 heavy (non-hydrogen) atoms. The van der Waals surface area contributed by atoms with Gasteiger partial charge < -0.3 is 14.8 Å². The molecule has 0 spiro atoms. The number of carbonyl (C=O) groups is 2. The van der Waals surface area contributed by atoms with Crippen molar-refractivity contribution in [1.82, 2.24) is 4.98 Å². The second-order valence-corrected chi connectivity index (χ2v) is 5.27. The van der Waals surface area contributed by atoms with Crippen LogP contribution in [0.2, 0.25) is 5.02 Å². The first-order valence-corrected chi connectivity index (χ1v) is 7.74. The number of halogens is 1. The molecule has 2 aromatic rings. The molecule has 0 bridgehead atoms. The predicted octanol–water partition coefficient (Wildman–Crippen LogP) is 3.32. The number of hydrogen-bond acceptors (Lipinski definition) is 5. The molecule has 0 unspecified atom stereocenters. The third-order valence-corrected chi connectivity index (χ3v) is 3.25. The van der Waals surface area contributed by atoms with E-state index in [4.69, 9.17) is 21.1 Å². The van der Waals surface area contributed by atoms with Crippen molar-refractivity contribution in [3.8, 4) is 5.88 Å². The van der Waals surface area contributed by atoms with E-state index < -0.39 is 18.0 Å². The molecular formula is C17H17ClN2O4. The molecule has 1 aromatic heterocycles. The van der Waals surface area contributed by atoms with E-state index in [1.165, 1.54) is 19.2 Å². The number of rotatable bonds is 6. The highest BCUT2D eigenvalue weighted by Gasteiger charge is 2.22. The van der Waals surface area contributed by atoms with E-state index in [9.17, 15) is 9.59 Å². The Kier molecular flexibility index (Phi) is 6.14. The summed E-state index contributed by atoms with van der Waals surface area (Å²) in [6, 6.07) is 9.81. The Hall–Kier alpha value is -2.60. The van der Waals surface area contributed by atoms with Gasteiger partial charge in [0.2, 0.25) is 5.88 Å². The number of nitrogens with one attached hydrogen (secondary N) is 1. The van der Waals surface area contributed by atoms with Crippen LogP contribution >= 0.6 is 11.6 Å². The summed E-state index contributed by atoms with van der Waals surface area (Å²) in [6.07, 6.45) is 0.517. The Labute approximate surface area is 144 Å². The Morgan fingerprint density at radius 2 is 2.08 bits per heavy atom. The van der Waals surface area contributed by atoms with Gasteiger partial charge in [-0.3, -0.25) is 4.79 Å². The number of pyridine rings is 1. The Morgan fingerprint density at radius 1 is 1.29 bits per heavy atom. The van der Waals surface area contributed by atoms with Crippen LogP contribution < -0.4 is 10.1 Å². The van der Waals surface area contributed by atoms with Gasteiger partial charge in [-0.2, -0.15) is 0 Å². The zero-order valence-corrected chi connectivity index (χ0v) is 14.0. The predicted molar refractivity (Wildman–Crippen MR) is 90.4 cm³/mol. The third-order valence-electron chi connectivity index (χ3n) is 3.02. The molecule has 0 aliphatic carbocycles. The number of carbonyl (C=O) groups excluding carboxylic acids is 2. The first-order chi connectivity index (χ1) is 11.5. The quantitative estimate of drug-likeness (QED) is 0.810. The molecule has 1 heterocycles. The van der Waals surface area contributed by atoms with Crippen LogP contribution in [-0.4, -0.2) is 29.6 Å². The molecule has 6 nitrogen and oxygen atoms in total. The number of aromatic nitrogens is 1. The van der Waals surface area contributed by atoms with Gasteiger partial charge in [0, 0.05) is 16.9 Å². The van der Waals surface area contributed by atoms with Crippen molar-refractivity contribution in [2.24, 2.45) is 0 Å². The van der Waals surface area contributed by atoms with Gasteiger partial charge in [0.1, 0.15) is 5.56 Å². The van der Waals surface area contributed by atoms with Crippen molar-refractivity contribution in [3.05, 3.63) is 53.2 Å². The summed E-state index contributed by atoms with van der Waals surface area (Å²) in [5.41, 5.74) is 0.688. The van der Waals surface area contributed by atoms with Gasteiger partial charge in [0.15, 0.2) is 6.10 Å². The van der Waals surface area contributed by atoms with Crippen molar-refractivity contribution in [3.63, 3.8) is 0 Å². The Morgan fingerprint density at radius 3 is 2.79 bits per heavy atom. The number of amides is 1. The molecule has 0 radical (unpaired) electrons. The van der Waals surface area contributed by atoms with E-state index in [0.717, 1.165) is 0 Å². The van der Waals surface area contributed by atoms with Gasteiger partial charge in [-0.1, -0.05) is 17.7 Å². The van der Waals surface area contributed by atoms with Gasteiger partial charge >= 0.3 is 5.97 Å². The summed E-state index contributed by atoms with van der Waals surface area (Å²) in [5, 5.41) is 3.13. The van der Waals surface area contributed by atoms with Crippen LogP contribution in [0, 0.1) is 0 Å². The van der Waals surface area contributed by atoms with Gasteiger partial charge in [-0.15, -0.1) is 0 Å². The molecule has 2 rings (SSSR count). The second-order valence-electron chi connectivity index (χ2n) is 4.84. The fourth-order valence-corrected chi connectivity index (χ4v) is 2.08. The molecule has 0 aliphatic heterocycles. The number of nitrogens with zero attached hydrogens (tertiary/aromatic N) is 1. The van der Waals surface area contributed by atoms with Crippen molar-refractivity contribution in [2.45, 2.75) is 20.0 Å². The maximum Gasteiger partial charge on any atom is 0.344 e. The van der Waals surface area contributed by atoms with Crippen LogP contribution in [0.15, 0.2) is 42.6 Å². The Balaban J connectivity index is 2.02. The fraction of sp³-hybridized carbons (Fsp3) is 0.235. The smallest absolute Gasteiger partial charge is 0.344 e. The summed E-state index contributed by atoms with van der Waals surface area (Å²) >= 11 is 5.86. The van der Waals surface area contributed by atoms with Crippen LogP contribution in [0.4, 0.5) is 5.69 Å². The standard InChI is InChI=1S/C17H17ClN2O4/c1-3-23-16-14(8-5-9-19-16)17(22)24-11(2)15(21)20-13-7-4-6-12(18)10-13/h4-11H,3H2,1-2H3,(H,20,21)/t11-/m0/s1. The average molecular weight is 349 g/mol. The fourth-order valence-electron chi connectivity index (χ4n) is 1.89. The SMILES string of the molecule is CCOc1ncccc1C(=O)O[C@@H](C)C(=O)Nc1cccc(Cl)c1. The van der Waals surface area contributed by atoms with Gasteiger partial charge in [0.25, 0.3) is 5.91 Å². The summed E-state index contributed by atoms with van der Waals surface area (Å²) in [5.74, 6) is -0.972. The lowest BCUT2D eigenvalue weighted by molar-refractivity contribution is -0.123. The highest BCUT2D eigenvalue weighted by molar-refractivity contribution is 6.30. The summed E-state index contributed by atoms with van der Waals surface area (Å²) < 4.78 is 10.5. The van der Waals surface area contributed by atoms with Crippen molar-refractivity contribution in [1.29, 1.82) is 0 Å². The van der Waals surface area contributed by atoms with Crippen LogP contribution in [0.25, 0.3) is 0 Å². The molecule has 7 heteroatoms. The molecule has 1 atom stereocenters. The first kappa shape index (κ1) is 17.7. The summed E-state index contributed by atoms with van der Waals surface area (Å²) in [6.45, 7) is 3.63. The van der Waals surface area contributed by atoms with Crippen molar-refractivity contribution < 1.29 is 19.1 Å². The molecule has 1 aromatic carbocycles. The van der Waals surface area contributed by atoms with Crippen LogP contribution in [-0.2, 0) is 9.53 Å². The number of hydrogen-bond donors (Lipinski definition) is 1. The molecule has 126 valence electrons. The van der Waals surface area contributed by atoms with Crippen LogP contribution in [0.1, 0.15) is 24.2 Å². The van der Waals surface area contributed by atoms with E-state index in [0.29, 0.717) is 17.3 Å². The largest absolute Gasteiger partial charge is 0.477 e. The topological polar surface area (TPSA) is 77.5 Å². The van der Waals surface area contributed by atoms with Crippen molar-refractivity contribution in [2.75, 3.05) is 11.9 Å². The molecule has 1 amide bonds. The molecule has 0 saturated carbocycles. The first-order valence-electron chi connectivity index (χ1n) is 7.36. The Bertz CT molecular complexity index is 736. The van der Waals surface area contributed by atoms with E-state index in [-0.39, 0.29) is 11.4 Å². The average Bonchev–Trinajstić information content (AvgIpc) is 2.55. The van der Waals surface area contributed by atoms with Crippen molar-refractivity contribution >= 4 is 29.2 Å². The minimum absolute atomic E-state index is 0.168. The van der Waals surface area contributed by atoms with E-state index in [2.05, 4.69) is 10.3 Å². The van der Waals surface area contributed by atoms with Gasteiger partial charge in [0.05, 0.1) is 6.61 Å². The minimum atomic E-state index is -0.994. The molecule has 1 N–H and O–H groups in total. The lowest BCUT2D eigenvalue weighted by Crippen LogP contribution is -2.30. The second kappa shape index (κ2) is 8.31. The molecular weight excluding hydrogens is 332 g/mol. The highest BCUT2D eigenvalue weighted by atomic mass is 35.5. The van der Waals surface area contributed by atoms with E-state index in [1.54, 1.807) is 37.3 Å². The third kappa shape index (κ3) is 4.70. The number of ether oxygens (including phenoxy) is 2. The maximum atomic E-state index is 12.2. The molecule has 0 fully saturated rings. The minimum Gasteiger partial charge on any atom is -0.477 e. The maximum absolute atomic E-state index is 12.2. The lowest BCUT2D eigenvalue weighted by Gasteiger charge is -2.14. The monoisotopic (exact) mass is 348 g/mol. The van der Waals surface area contributed by atoms with Crippen LogP contribution in [0.3, 0.4) is 0 Å². The normalized spacial score (nSPS) is 11.5. The zero-order valence-electron chi connectivity index (χ0n) is 13.3. The number of anilines is 1. The van der Waals surface area contributed by atoms with E-state index in [1.807, 2.05) is 0 Å². The number of benzene rings is 1. The summed E-state index contributed by atoms with van der Waals surface area (Å²) in [4.78, 5) is 28.3. The van der Waals surface area contributed by atoms with Crippen LogP contribution in [0.5, 0.6) is 5.88 Å². The van der Waals surface area contributed by atoms with Gasteiger partial charge in [-0.25, -0.2) is 9.78 Å². The number of esters is 1. The van der Waals surface area contributed by atoms with E-state index >= 15 is 0 Å². The summed E-state index contributed by atoms with van der Waals surface area (Å²) in [7, 11) is 0. The van der Waals surface area contributed by atoms with Gasteiger partial charge in [-0.05, 0) is 44.2 Å². The molecule has 0 saturated heterocycles. The lowest BCUT2D eigenvalue weighted by atomic mass is 10.2. The highest BCUT2D eigenvalue weighted by Crippen LogP contribution is 2.18.